The average molecular weight is 317 g/mol. The van der Waals surface area contributed by atoms with Crippen molar-refractivity contribution in [2.45, 2.75) is 39.0 Å². The molecule has 0 amide bonds. The Kier molecular flexibility index (Phi) is 6.84. The van der Waals surface area contributed by atoms with Crippen LogP contribution in [-0.4, -0.2) is 15.7 Å². The van der Waals surface area contributed by atoms with Gasteiger partial charge in [-0.15, -0.1) is 0 Å². The van der Waals surface area contributed by atoms with Crippen molar-refractivity contribution in [1.82, 2.24) is 9.97 Å². The van der Waals surface area contributed by atoms with Gasteiger partial charge >= 0.3 is 0 Å². The lowest BCUT2D eigenvalue weighted by Gasteiger charge is -2.08. The zero-order valence-corrected chi connectivity index (χ0v) is 13.6. The molecule has 0 atom stereocenters. The molecule has 116 valence electrons. The van der Waals surface area contributed by atoms with Crippen LogP contribution in [0.1, 0.15) is 44.6 Å². The van der Waals surface area contributed by atoms with Crippen molar-refractivity contribution in [2.75, 3.05) is 5.43 Å². The van der Waals surface area contributed by atoms with E-state index in [1.54, 1.807) is 6.20 Å². The molecule has 0 aliphatic carbocycles. The highest BCUT2D eigenvalue weighted by atomic mass is 35.5. The molecule has 1 aromatic heterocycles. The summed E-state index contributed by atoms with van der Waals surface area (Å²) in [6.07, 6.45) is 8.88. The first kappa shape index (κ1) is 16.4. The number of halogens is 1. The minimum absolute atomic E-state index is 0.351. The second-order valence-electron chi connectivity index (χ2n) is 5.07. The Hall–Kier alpha value is -1.94. The molecule has 0 fully saturated rings. The fourth-order valence-electron chi connectivity index (χ4n) is 2.14. The molecule has 0 radical (unpaired) electrons. The molecule has 22 heavy (non-hydrogen) atoms. The molecule has 0 unspecified atom stereocenters. The first-order valence-corrected chi connectivity index (χ1v) is 8.03. The van der Waals surface area contributed by atoms with Crippen molar-refractivity contribution in [2.24, 2.45) is 5.10 Å². The molecule has 0 aliphatic rings. The number of hydrogen-bond acceptors (Lipinski definition) is 4. The van der Waals surface area contributed by atoms with Gasteiger partial charge in [0.05, 0.1) is 18.1 Å². The van der Waals surface area contributed by atoms with Gasteiger partial charge in [0.25, 0.3) is 0 Å². The zero-order valence-electron chi connectivity index (χ0n) is 12.8. The zero-order chi connectivity index (χ0) is 15.6. The number of unbranched alkanes of at least 4 members (excludes halogenated alkanes) is 3. The van der Waals surface area contributed by atoms with Crippen LogP contribution in [0.5, 0.6) is 0 Å². The van der Waals surface area contributed by atoms with Crippen LogP contribution in [0.2, 0.25) is 5.15 Å². The molecule has 1 N–H and O–H groups in total. The maximum Gasteiger partial charge on any atom is 0.166 e. The fraction of sp³-hybridized carbons (Fsp3) is 0.353. The molecule has 0 saturated carbocycles. The molecular formula is C17H21ClN4. The van der Waals surface area contributed by atoms with Crippen molar-refractivity contribution in [3.63, 3.8) is 0 Å². The Bertz CT molecular complexity index is 599. The van der Waals surface area contributed by atoms with Gasteiger partial charge in [-0.3, -0.25) is 10.4 Å². The summed E-state index contributed by atoms with van der Waals surface area (Å²) in [6.45, 7) is 2.21. The molecular weight excluding hydrogens is 296 g/mol. The Morgan fingerprint density at radius 2 is 1.95 bits per heavy atom. The first-order chi connectivity index (χ1) is 10.8. The summed E-state index contributed by atoms with van der Waals surface area (Å²) in [7, 11) is 0. The van der Waals surface area contributed by atoms with Gasteiger partial charge in [-0.05, 0) is 18.4 Å². The quantitative estimate of drug-likeness (QED) is 0.427. The van der Waals surface area contributed by atoms with Crippen molar-refractivity contribution < 1.29 is 0 Å². The number of nitrogens with zero attached hydrogens (tertiary/aromatic N) is 3. The van der Waals surface area contributed by atoms with E-state index in [9.17, 15) is 0 Å². The third-order valence-corrected chi connectivity index (χ3v) is 3.47. The number of rotatable bonds is 8. The van der Waals surface area contributed by atoms with Crippen LogP contribution in [0.3, 0.4) is 0 Å². The fourth-order valence-corrected chi connectivity index (χ4v) is 2.28. The molecule has 0 saturated heterocycles. The number of hydrazone groups is 1. The number of aromatic nitrogens is 2. The molecule has 0 spiro atoms. The second kappa shape index (κ2) is 9.15. The van der Waals surface area contributed by atoms with E-state index in [1.807, 2.05) is 18.2 Å². The van der Waals surface area contributed by atoms with Crippen LogP contribution in [0, 0.1) is 0 Å². The molecule has 0 aliphatic heterocycles. The maximum absolute atomic E-state index is 5.83. The Morgan fingerprint density at radius 1 is 1.14 bits per heavy atom. The number of anilines is 1. The van der Waals surface area contributed by atoms with Gasteiger partial charge in [0.2, 0.25) is 0 Å². The third-order valence-electron chi connectivity index (χ3n) is 3.28. The lowest BCUT2D eigenvalue weighted by molar-refractivity contribution is 0.683. The second-order valence-corrected chi connectivity index (χ2v) is 5.46. The van der Waals surface area contributed by atoms with E-state index in [4.69, 9.17) is 11.6 Å². The highest BCUT2D eigenvalue weighted by Crippen LogP contribution is 2.12. The summed E-state index contributed by atoms with van der Waals surface area (Å²) in [5, 5.41) is 4.86. The smallest absolute Gasteiger partial charge is 0.166 e. The summed E-state index contributed by atoms with van der Waals surface area (Å²) in [5.74, 6) is 0.550. The summed E-state index contributed by atoms with van der Waals surface area (Å²) in [6, 6.07) is 10.2. The standard InChI is InChI=1S/C17H21ClN4/c1-2-3-4-8-11-15(14-9-6-5-7-10-14)21-22-17-13-19-12-16(18)20-17/h5-7,9-10,12-13H,2-4,8,11H2,1H3,(H,20,22)/b21-15+. The summed E-state index contributed by atoms with van der Waals surface area (Å²) in [5.41, 5.74) is 5.11. The molecule has 1 aromatic carbocycles. The van der Waals surface area contributed by atoms with Gasteiger partial charge in [0.15, 0.2) is 5.82 Å². The Labute approximate surface area is 136 Å². The minimum Gasteiger partial charge on any atom is -0.260 e. The summed E-state index contributed by atoms with van der Waals surface area (Å²) >= 11 is 5.83. The van der Waals surface area contributed by atoms with Crippen LogP contribution >= 0.6 is 11.6 Å². The van der Waals surface area contributed by atoms with Crippen molar-refractivity contribution in [3.8, 4) is 0 Å². The topological polar surface area (TPSA) is 50.2 Å². The van der Waals surface area contributed by atoms with E-state index in [0.717, 1.165) is 24.1 Å². The van der Waals surface area contributed by atoms with E-state index in [1.165, 1.54) is 25.5 Å². The van der Waals surface area contributed by atoms with Gasteiger partial charge in [-0.2, -0.15) is 5.10 Å². The van der Waals surface area contributed by atoms with Crippen molar-refractivity contribution >= 4 is 23.1 Å². The summed E-state index contributed by atoms with van der Waals surface area (Å²) < 4.78 is 0. The van der Waals surface area contributed by atoms with Gasteiger partial charge in [-0.25, -0.2) is 4.98 Å². The molecule has 2 aromatic rings. The number of nitrogens with one attached hydrogen (secondary N) is 1. The van der Waals surface area contributed by atoms with Crippen molar-refractivity contribution in [1.29, 1.82) is 0 Å². The molecule has 0 bridgehead atoms. The van der Waals surface area contributed by atoms with Crippen molar-refractivity contribution in [3.05, 3.63) is 53.4 Å². The van der Waals surface area contributed by atoms with Crippen LogP contribution < -0.4 is 5.43 Å². The maximum atomic E-state index is 5.83. The van der Waals surface area contributed by atoms with E-state index in [2.05, 4.69) is 39.6 Å². The van der Waals surface area contributed by atoms with Crippen LogP contribution in [0.4, 0.5) is 5.82 Å². The predicted octanol–water partition coefficient (Wildman–Crippen LogP) is 4.92. The SMILES string of the molecule is CCCCCC/C(=N\Nc1cncc(Cl)n1)c1ccccc1. The molecule has 2 rings (SSSR count). The van der Waals surface area contributed by atoms with Gasteiger partial charge < -0.3 is 0 Å². The lowest BCUT2D eigenvalue weighted by atomic mass is 10.0. The van der Waals surface area contributed by atoms with Crippen LogP contribution in [0.15, 0.2) is 47.8 Å². The van der Waals surface area contributed by atoms with Crippen LogP contribution in [0.25, 0.3) is 0 Å². The predicted molar refractivity (Wildman–Crippen MR) is 92.4 cm³/mol. The van der Waals surface area contributed by atoms with E-state index < -0.39 is 0 Å². The highest BCUT2D eigenvalue weighted by molar-refractivity contribution is 6.29. The number of benzene rings is 1. The third kappa shape index (κ3) is 5.45. The van der Waals surface area contributed by atoms with Gasteiger partial charge in [0.1, 0.15) is 5.15 Å². The van der Waals surface area contributed by atoms with Gasteiger partial charge in [-0.1, -0.05) is 68.1 Å². The van der Waals surface area contributed by atoms with E-state index in [-0.39, 0.29) is 0 Å². The highest BCUT2D eigenvalue weighted by Gasteiger charge is 2.04. The molecule has 4 nitrogen and oxygen atoms in total. The average Bonchev–Trinajstić information content (AvgIpc) is 2.55. The molecule has 5 heteroatoms. The van der Waals surface area contributed by atoms with Crippen LogP contribution in [-0.2, 0) is 0 Å². The monoisotopic (exact) mass is 316 g/mol. The first-order valence-electron chi connectivity index (χ1n) is 7.65. The summed E-state index contributed by atoms with van der Waals surface area (Å²) in [4.78, 5) is 8.13. The largest absolute Gasteiger partial charge is 0.260 e. The Morgan fingerprint density at radius 3 is 2.68 bits per heavy atom. The van der Waals surface area contributed by atoms with Gasteiger partial charge in [0, 0.05) is 0 Å². The normalized spacial score (nSPS) is 11.5. The lowest BCUT2D eigenvalue weighted by Crippen LogP contribution is -2.05. The van der Waals surface area contributed by atoms with E-state index in [0.29, 0.717) is 11.0 Å². The van der Waals surface area contributed by atoms with E-state index >= 15 is 0 Å². The molecule has 1 heterocycles. The number of hydrogen-bond donors (Lipinski definition) is 1. The minimum atomic E-state index is 0.351. The Balaban J connectivity index is 2.07.